The van der Waals surface area contributed by atoms with Gasteiger partial charge < -0.3 is 0 Å². The van der Waals surface area contributed by atoms with Crippen LogP contribution < -0.4 is 0 Å². The third kappa shape index (κ3) is 1.90. The van der Waals surface area contributed by atoms with Gasteiger partial charge in [0.05, 0.1) is 0 Å². The molecule has 1 aliphatic carbocycles. The number of hydrogen-bond acceptors (Lipinski definition) is 1. The zero-order valence-electron chi connectivity index (χ0n) is 6.81. The fraction of sp³-hybridized carbons (Fsp3) is 0.444. The van der Waals surface area contributed by atoms with Crippen molar-refractivity contribution < 1.29 is 4.79 Å². The van der Waals surface area contributed by atoms with E-state index in [1.165, 1.54) is 5.54 Å². The largest absolute Gasteiger partial charge is 0.295 e. The van der Waals surface area contributed by atoms with Crippen molar-refractivity contribution in [2.45, 2.75) is 19.8 Å². The SMILES string of the molecule is CC1(/C(Cl)=C\Cl)C=CC(=O)CC1. The van der Waals surface area contributed by atoms with E-state index in [0.29, 0.717) is 11.5 Å². The molecule has 0 N–H and O–H groups in total. The van der Waals surface area contributed by atoms with E-state index in [0.717, 1.165) is 6.42 Å². The smallest absolute Gasteiger partial charge is 0.155 e. The summed E-state index contributed by atoms with van der Waals surface area (Å²) in [7, 11) is 0. The molecule has 0 bridgehead atoms. The summed E-state index contributed by atoms with van der Waals surface area (Å²) in [5.74, 6) is 0.159. The van der Waals surface area contributed by atoms with Crippen molar-refractivity contribution in [3.05, 3.63) is 22.7 Å². The second kappa shape index (κ2) is 3.63. The molecule has 0 radical (unpaired) electrons. The van der Waals surface area contributed by atoms with E-state index in [1.54, 1.807) is 6.08 Å². The first-order chi connectivity index (χ1) is 5.58. The van der Waals surface area contributed by atoms with Crippen molar-refractivity contribution in [3.8, 4) is 0 Å². The van der Waals surface area contributed by atoms with Crippen molar-refractivity contribution >= 4 is 29.0 Å². The third-order valence-electron chi connectivity index (χ3n) is 2.17. The van der Waals surface area contributed by atoms with Crippen LogP contribution in [0.4, 0.5) is 0 Å². The summed E-state index contributed by atoms with van der Waals surface area (Å²) in [6, 6.07) is 0. The lowest BCUT2D eigenvalue weighted by Gasteiger charge is -2.27. The van der Waals surface area contributed by atoms with Crippen LogP contribution in [-0.4, -0.2) is 5.78 Å². The molecule has 0 heterocycles. The molecule has 1 nitrogen and oxygen atoms in total. The van der Waals surface area contributed by atoms with Crippen molar-refractivity contribution in [1.82, 2.24) is 0 Å². The number of carbonyl (C=O) groups excluding carboxylic acids is 1. The van der Waals surface area contributed by atoms with Crippen LogP contribution in [0.25, 0.3) is 0 Å². The highest BCUT2D eigenvalue weighted by molar-refractivity contribution is 6.37. The van der Waals surface area contributed by atoms with Crippen LogP contribution in [-0.2, 0) is 4.79 Å². The molecule has 12 heavy (non-hydrogen) atoms. The fourth-order valence-electron chi connectivity index (χ4n) is 1.15. The highest BCUT2D eigenvalue weighted by atomic mass is 35.5. The van der Waals surface area contributed by atoms with E-state index in [-0.39, 0.29) is 11.2 Å². The monoisotopic (exact) mass is 204 g/mol. The van der Waals surface area contributed by atoms with Gasteiger partial charge >= 0.3 is 0 Å². The maximum absolute atomic E-state index is 10.9. The van der Waals surface area contributed by atoms with Gasteiger partial charge in [-0.2, -0.15) is 0 Å². The summed E-state index contributed by atoms with van der Waals surface area (Å²) in [4.78, 5) is 10.9. The van der Waals surface area contributed by atoms with Crippen molar-refractivity contribution in [2.24, 2.45) is 5.41 Å². The molecule has 0 spiro atoms. The second-order valence-electron chi connectivity index (χ2n) is 3.17. The van der Waals surface area contributed by atoms with Gasteiger partial charge in [-0.25, -0.2) is 0 Å². The number of halogens is 2. The zero-order chi connectivity index (χ0) is 9.19. The molecule has 0 aromatic heterocycles. The van der Waals surface area contributed by atoms with Gasteiger partial charge in [0.15, 0.2) is 5.78 Å². The van der Waals surface area contributed by atoms with Crippen LogP contribution in [0.3, 0.4) is 0 Å². The molecule has 1 rings (SSSR count). The zero-order valence-corrected chi connectivity index (χ0v) is 8.32. The molecular formula is C9H10Cl2O. The molecule has 3 heteroatoms. The molecule has 0 fully saturated rings. The van der Waals surface area contributed by atoms with Crippen LogP contribution in [0.2, 0.25) is 0 Å². The Kier molecular flexibility index (Phi) is 2.97. The van der Waals surface area contributed by atoms with Crippen LogP contribution >= 0.6 is 23.2 Å². The van der Waals surface area contributed by atoms with Gasteiger partial charge in [0.25, 0.3) is 0 Å². The molecular weight excluding hydrogens is 195 g/mol. The first kappa shape index (κ1) is 9.82. The van der Waals surface area contributed by atoms with E-state index < -0.39 is 0 Å². The number of rotatable bonds is 1. The van der Waals surface area contributed by atoms with Gasteiger partial charge in [0.1, 0.15) is 0 Å². The van der Waals surface area contributed by atoms with Gasteiger partial charge in [-0.1, -0.05) is 36.2 Å². The average Bonchev–Trinajstić information content (AvgIpc) is 2.09. The molecule has 1 aliphatic rings. The van der Waals surface area contributed by atoms with E-state index in [1.807, 2.05) is 13.0 Å². The number of carbonyl (C=O) groups is 1. The van der Waals surface area contributed by atoms with Crippen molar-refractivity contribution in [1.29, 1.82) is 0 Å². The number of allylic oxidation sites excluding steroid dienone is 3. The Morgan fingerprint density at radius 3 is 2.83 bits per heavy atom. The standard InChI is InChI=1S/C9H10Cl2O/c1-9(8(11)6-10)4-2-7(12)3-5-9/h2,4,6H,3,5H2,1H3/b8-6+. The first-order valence-corrected chi connectivity index (χ1v) is 4.58. The summed E-state index contributed by atoms with van der Waals surface area (Å²) < 4.78 is 0. The summed E-state index contributed by atoms with van der Waals surface area (Å²) in [5, 5.41) is 0.591. The Hall–Kier alpha value is -0.270. The summed E-state index contributed by atoms with van der Waals surface area (Å²) in [6.45, 7) is 1.97. The van der Waals surface area contributed by atoms with Crippen LogP contribution in [0.5, 0.6) is 0 Å². The molecule has 1 unspecified atom stereocenters. The summed E-state index contributed by atoms with van der Waals surface area (Å²) in [6.07, 6.45) is 4.69. The molecule has 0 aromatic carbocycles. The first-order valence-electron chi connectivity index (χ1n) is 3.77. The average molecular weight is 205 g/mol. The van der Waals surface area contributed by atoms with Gasteiger partial charge in [0, 0.05) is 22.4 Å². The Bertz CT molecular complexity index is 255. The van der Waals surface area contributed by atoms with Gasteiger partial charge in [-0.3, -0.25) is 4.79 Å². The normalized spacial score (nSPS) is 30.9. The number of ketones is 1. The predicted octanol–water partition coefficient (Wildman–Crippen LogP) is 3.23. The van der Waals surface area contributed by atoms with Crippen molar-refractivity contribution in [3.63, 3.8) is 0 Å². The Morgan fingerprint density at radius 1 is 1.75 bits per heavy atom. The van der Waals surface area contributed by atoms with Crippen LogP contribution in [0.1, 0.15) is 19.8 Å². The fourth-order valence-corrected chi connectivity index (χ4v) is 1.56. The quantitative estimate of drug-likeness (QED) is 0.642. The minimum absolute atomic E-state index is 0.159. The van der Waals surface area contributed by atoms with Crippen molar-refractivity contribution in [2.75, 3.05) is 0 Å². The molecule has 0 saturated heterocycles. The van der Waals surface area contributed by atoms with Gasteiger partial charge in [0.2, 0.25) is 0 Å². The van der Waals surface area contributed by atoms with E-state index in [4.69, 9.17) is 23.2 Å². The summed E-state index contributed by atoms with van der Waals surface area (Å²) >= 11 is 11.4. The lowest BCUT2D eigenvalue weighted by Crippen LogP contribution is -2.19. The third-order valence-corrected chi connectivity index (χ3v) is 3.04. The predicted molar refractivity (Wildman–Crippen MR) is 51.3 cm³/mol. The van der Waals surface area contributed by atoms with E-state index in [9.17, 15) is 4.79 Å². The maximum Gasteiger partial charge on any atom is 0.155 e. The lowest BCUT2D eigenvalue weighted by atomic mass is 9.80. The highest BCUT2D eigenvalue weighted by Crippen LogP contribution is 2.39. The Labute approximate surface area is 82.0 Å². The van der Waals surface area contributed by atoms with Crippen LogP contribution in [0, 0.1) is 5.41 Å². The van der Waals surface area contributed by atoms with E-state index in [2.05, 4.69) is 0 Å². The second-order valence-corrected chi connectivity index (χ2v) is 3.80. The molecule has 1 atom stereocenters. The highest BCUT2D eigenvalue weighted by Gasteiger charge is 2.28. The maximum atomic E-state index is 10.9. The van der Waals surface area contributed by atoms with Gasteiger partial charge in [-0.05, 0) is 12.5 Å². The topological polar surface area (TPSA) is 17.1 Å². The molecule has 0 saturated carbocycles. The minimum atomic E-state index is -0.239. The van der Waals surface area contributed by atoms with Crippen LogP contribution in [0.15, 0.2) is 22.7 Å². The summed E-state index contributed by atoms with van der Waals surface area (Å²) in [5.41, 5.74) is 1.12. The molecule has 66 valence electrons. The van der Waals surface area contributed by atoms with Gasteiger partial charge in [-0.15, -0.1) is 0 Å². The Morgan fingerprint density at radius 2 is 2.42 bits per heavy atom. The Balaban J connectivity index is 2.88. The number of hydrogen-bond donors (Lipinski definition) is 0. The molecule has 0 amide bonds. The van der Waals surface area contributed by atoms with E-state index >= 15 is 0 Å². The lowest BCUT2D eigenvalue weighted by molar-refractivity contribution is -0.115. The molecule has 0 aromatic rings. The molecule has 0 aliphatic heterocycles. The minimum Gasteiger partial charge on any atom is -0.295 e.